The first kappa shape index (κ1) is 16.1. The Bertz CT molecular complexity index is 677. The van der Waals surface area contributed by atoms with Gasteiger partial charge >= 0.3 is 0 Å². The first-order chi connectivity index (χ1) is 12.0. The largest absolute Gasteiger partial charge is 0.265 e. The standard InChI is InChI=1S/C22H33N3/c1-14-8-10-21(2)15(12-14)4-5-16-17-6-7-19(20-13-23-25-24-20)22(17,3)11-9-18(16)21/h4,13-14,16-19H,5-12H2,1-3H3,(H,23,24,25)/t14-,16?,17?,18?,19+,21-,22-/m0/s1. The molecule has 3 heteroatoms. The Morgan fingerprint density at radius 2 is 1.96 bits per heavy atom. The van der Waals surface area contributed by atoms with Crippen LogP contribution in [0.15, 0.2) is 17.8 Å². The highest BCUT2D eigenvalue weighted by atomic mass is 15.3. The van der Waals surface area contributed by atoms with Crippen molar-refractivity contribution in [2.45, 2.75) is 78.1 Å². The van der Waals surface area contributed by atoms with Gasteiger partial charge in [0.15, 0.2) is 0 Å². The van der Waals surface area contributed by atoms with Gasteiger partial charge in [-0.1, -0.05) is 37.6 Å². The molecule has 3 unspecified atom stereocenters. The summed E-state index contributed by atoms with van der Waals surface area (Å²) in [5, 5.41) is 11.4. The quantitative estimate of drug-likeness (QED) is 0.688. The first-order valence-corrected chi connectivity index (χ1v) is 10.6. The molecule has 0 aliphatic heterocycles. The fourth-order valence-electron chi connectivity index (χ4n) is 7.71. The van der Waals surface area contributed by atoms with Crippen LogP contribution in [0.4, 0.5) is 0 Å². The first-order valence-electron chi connectivity index (χ1n) is 10.6. The molecule has 25 heavy (non-hydrogen) atoms. The fraction of sp³-hybridized carbons (Fsp3) is 0.818. The molecule has 3 fully saturated rings. The Kier molecular flexibility index (Phi) is 3.50. The van der Waals surface area contributed by atoms with Crippen LogP contribution in [-0.4, -0.2) is 15.4 Å². The minimum Gasteiger partial charge on any atom is -0.265 e. The van der Waals surface area contributed by atoms with E-state index in [1.165, 1.54) is 57.1 Å². The van der Waals surface area contributed by atoms with Crippen LogP contribution in [-0.2, 0) is 0 Å². The van der Waals surface area contributed by atoms with E-state index in [1.54, 1.807) is 0 Å². The highest BCUT2D eigenvalue weighted by molar-refractivity contribution is 5.26. The molecule has 5 rings (SSSR count). The van der Waals surface area contributed by atoms with Crippen molar-refractivity contribution in [2.75, 3.05) is 0 Å². The second-order valence-electron chi connectivity index (χ2n) is 10.2. The summed E-state index contributed by atoms with van der Waals surface area (Å²) >= 11 is 0. The molecule has 1 aromatic rings. The number of allylic oxidation sites excluding steroid dienone is 2. The Morgan fingerprint density at radius 1 is 1.08 bits per heavy atom. The van der Waals surface area contributed by atoms with Crippen molar-refractivity contribution in [2.24, 2.45) is 34.5 Å². The molecule has 4 aliphatic carbocycles. The smallest absolute Gasteiger partial charge is 0.0860 e. The molecule has 0 amide bonds. The van der Waals surface area contributed by atoms with E-state index >= 15 is 0 Å². The lowest BCUT2D eigenvalue weighted by Crippen LogP contribution is -2.49. The van der Waals surface area contributed by atoms with Crippen molar-refractivity contribution in [1.82, 2.24) is 15.4 Å². The molecule has 0 spiro atoms. The van der Waals surface area contributed by atoms with Gasteiger partial charge in [-0.05, 0) is 85.9 Å². The zero-order valence-corrected chi connectivity index (χ0v) is 16.1. The van der Waals surface area contributed by atoms with E-state index in [-0.39, 0.29) is 0 Å². The van der Waals surface area contributed by atoms with Crippen molar-refractivity contribution in [1.29, 1.82) is 0 Å². The fourth-order valence-corrected chi connectivity index (χ4v) is 7.71. The molecule has 3 saturated carbocycles. The zero-order valence-electron chi connectivity index (χ0n) is 16.1. The van der Waals surface area contributed by atoms with Gasteiger partial charge in [0.25, 0.3) is 0 Å². The highest BCUT2D eigenvalue weighted by Crippen LogP contribution is 2.67. The molecular formula is C22H33N3. The molecule has 136 valence electrons. The van der Waals surface area contributed by atoms with E-state index < -0.39 is 0 Å². The van der Waals surface area contributed by atoms with Gasteiger partial charge < -0.3 is 0 Å². The molecule has 0 bridgehead atoms. The van der Waals surface area contributed by atoms with Gasteiger partial charge in [-0.2, -0.15) is 0 Å². The van der Waals surface area contributed by atoms with Crippen molar-refractivity contribution < 1.29 is 0 Å². The Morgan fingerprint density at radius 3 is 2.76 bits per heavy atom. The average Bonchev–Trinajstić information content (AvgIpc) is 3.22. The minimum absolute atomic E-state index is 0.432. The van der Waals surface area contributed by atoms with Crippen LogP contribution in [0.25, 0.3) is 0 Å². The number of rotatable bonds is 1. The number of fused-ring (bicyclic) bond motifs is 5. The maximum absolute atomic E-state index is 4.41. The monoisotopic (exact) mass is 339 g/mol. The Balaban J connectivity index is 1.47. The van der Waals surface area contributed by atoms with Gasteiger partial charge in [-0.15, -0.1) is 5.10 Å². The summed E-state index contributed by atoms with van der Waals surface area (Å²) in [5.41, 5.74) is 3.97. The summed E-state index contributed by atoms with van der Waals surface area (Å²) < 4.78 is 0. The van der Waals surface area contributed by atoms with Crippen molar-refractivity contribution in [3.63, 3.8) is 0 Å². The summed E-state index contributed by atoms with van der Waals surface area (Å²) in [6.07, 6.45) is 15.8. The van der Waals surface area contributed by atoms with Gasteiger partial charge in [-0.25, -0.2) is 0 Å². The third kappa shape index (κ3) is 2.16. The zero-order chi connectivity index (χ0) is 17.2. The summed E-state index contributed by atoms with van der Waals surface area (Å²) in [4.78, 5) is 0. The number of hydrogen-bond donors (Lipinski definition) is 1. The predicted octanol–water partition coefficient (Wildman–Crippen LogP) is 5.49. The third-order valence-corrected chi connectivity index (χ3v) is 9.14. The van der Waals surface area contributed by atoms with E-state index in [1.807, 2.05) is 11.8 Å². The van der Waals surface area contributed by atoms with Gasteiger partial charge in [-0.3, -0.25) is 5.10 Å². The van der Waals surface area contributed by atoms with E-state index in [0.717, 1.165) is 23.7 Å². The van der Waals surface area contributed by atoms with E-state index in [9.17, 15) is 0 Å². The molecule has 3 nitrogen and oxygen atoms in total. The van der Waals surface area contributed by atoms with Crippen LogP contribution in [0.1, 0.15) is 83.7 Å². The lowest BCUT2D eigenvalue weighted by atomic mass is 9.47. The van der Waals surface area contributed by atoms with E-state index in [4.69, 9.17) is 0 Å². The van der Waals surface area contributed by atoms with Crippen LogP contribution in [0.5, 0.6) is 0 Å². The van der Waals surface area contributed by atoms with Crippen LogP contribution >= 0.6 is 0 Å². The molecule has 1 N–H and O–H groups in total. The maximum Gasteiger partial charge on any atom is 0.0860 e. The predicted molar refractivity (Wildman–Crippen MR) is 100.0 cm³/mol. The SMILES string of the molecule is C[C@H]1CC[C@@]2(C)C(=CCC3C2CC[C@@]2(C)C3CC[C@@H]2c2c[nH]nn2)C1. The molecule has 7 atom stereocenters. The Hall–Kier alpha value is -1.12. The van der Waals surface area contributed by atoms with Gasteiger partial charge in [0.1, 0.15) is 0 Å². The van der Waals surface area contributed by atoms with Crippen LogP contribution < -0.4 is 0 Å². The number of H-pyrrole nitrogens is 1. The van der Waals surface area contributed by atoms with Gasteiger partial charge in [0.05, 0.1) is 5.69 Å². The highest BCUT2D eigenvalue weighted by Gasteiger charge is 2.59. The number of aromatic nitrogens is 3. The molecule has 1 heterocycles. The molecule has 4 aliphatic rings. The number of aromatic amines is 1. The second kappa shape index (κ2) is 5.44. The average molecular weight is 340 g/mol. The topological polar surface area (TPSA) is 41.6 Å². The normalized spacial score (nSPS) is 49.1. The maximum atomic E-state index is 4.41. The van der Waals surface area contributed by atoms with Crippen LogP contribution in [0, 0.1) is 34.5 Å². The van der Waals surface area contributed by atoms with E-state index in [0.29, 0.717) is 16.7 Å². The third-order valence-electron chi connectivity index (χ3n) is 9.14. The summed E-state index contributed by atoms with van der Waals surface area (Å²) in [6, 6.07) is 0. The van der Waals surface area contributed by atoms with Crippen molar-refractivity contribution in [3.8, 4) is 0 Å². The minimum atomic E-state index is 0.432. The molecule has 0 saturated heterocycles. The number of nitrogens with one attached hydrogen (secondary N) is 1. The van der Waals surface area contributed by atoms with Gasteiger partial charge in [0.2, 0.25) is 0 Å². The molecule has 1 aromatic heterocycles. The van der Waals surface area contributed by atoms with Crippen LogP contribution in [0.3, 0.4) is 0 Å². The van der Waals surface area contributed by atoms with Crippen molar-refractivity contribution >= 4 is 0 Å². The number of nitrogens with zero attached hydrogens (tertiary/aromatic N) is 2. The van der Waals surface area contributed by atoms with Gasteiger partial charge in [0, 0.05) is 12.1 Å². The number of hydrogen-bond acceptors (Lipinski definition) is 2. The lowest BCUT2D eigenvalue weighted by Gasteiger charge is -2.58. The summed E-state index contributed by atoms with van der Waals surface area (Å²) in [7, 11) is 0. The molecule has 0 aromatic carbocycles. The second-order valence-corrected chi connectivity index (χ2v) is 10.2. The Labute approximate surface area is 152 Å². The summed E-state index contributed by atoms with van der Waals surface area (Å²) in [5.74, 6) is 4.21. The van der Waals surface area contributed by atoms with Crippen LogP contribution in [0.2, 0.25) is 0 Å². The summed E-state index contributed by atoms with van der Waals surface area (Å²) in [6.45, 7) is 7.64. The lowest BCUT2D eigenvalue weighted by molar-refractivity contribution is -0.0341. The molecule has 0 radical (unpaired) electrons. The molecular weight excluding hydrogens is 306 g/mol. The van der Waals surface area contributed by atoms with Crippen molar-refractivity contribution in [3.05, 3.63) is 23.5 Å². The van der Waals surface area contributed by atoms with E-state index in [2.05, 4.69) is 42.3 Å².